The molecule has 0 radical (unpaired) electrons. The fourth-order valence-electron chi connectivity index (χ4n) is 6.09. The second-order valence-electron chi connectivity index (χ2n) is 14.2. The van der Waals surface area contributed by atoms with Gasteiger partial charge in [0.15, 0.2) is 0 Å². The van der Waals surface area contributed by atoms with Crippen molar-refractivity contribution in [3.8, 4) is 0 Å². The largest absolute Gasteiger partial charge is 0.480 e. The molecule has 0 aliphatic carbocycles. The van der Waals surface area contributed by atoms with E-state index in [9.17, 15) is 38.7 Å². The Morgan fingerprint density at radius 2 is 0.767 bits per heavy atom. The number of carboxylic acids is 1. The highest BCUT2D eigenvalue weighted by Gasteiger charge is 2.31. The van der Waals surface area contributed by atoms with Gasteiger partial charge in [-0.2, -0.15) is 0 Å². The van der Waals surface area contributed by atoms with E-state index in [0.29, 0.717) is 22.3 Å². The number of carbonyl (C=O) groups excluding carboxylic acids is 6. The zero-order valence-corrected chi connectivity index (χ0v) is 33.1. The van der Waals surface area contributed by atoms with E-state index in [-0.39, 0.29) is 25.7 Å². The predicted octanol–water partition coefficient (Wildman–Crippen LogP) is -0.0785. The van der Waals surface area contributed by atoms with E-state index in [1.165, 1.54) is 6.92 Å². The van der Waals surface area contributed by atoms with Crippen LogP contribution in [0, 0.1) is 0 Å². The van der Waals surface area contributed by atoms with E-state index in [4.69, 9.17) is 10.8 Å². The van der Waals surface area contributed by atoms with Gasteiger partial charge in [0, 0.05) is 25.7 Å². The van der Waals surface area contributed by atoms with Crippen LogP contribution in [0.3, 0.4) is 0 Å². The molecule has 0 spiro atoms. The maximum Gasteiger partial charge on any atom is 0.322 e. The van der Waals surface area contributed by atoms with Crippen LogP contribution in [0.4, 0.5) is 0 Å². The van der Waals surface area contributed by atoms with Crippen molar-refractivity contribution < 1.29 is 43.8 Å². The van der Waals surface area contributed by atoms with Crippen LogP contribution >= 0.6 is 0 Å². The summed E-state index contributed by atoms with van der Waals surface area (Å²) in [7, 11) is 0. The first-order chi connectivity index (χ1) is 28.8. The number of aliphatic hydroxyl groups is 1. The zero-order chi connectivity index (χ0) is 43.4. The van der Waals surface area contributed by atoms with Crippen LogP contribution in [0.15, 0.2) is 121 Å². The highest BCUT2D eigenvalue weighted by Crippen LogP contribution is 2.10. The van der Waals surface area contributed by atoms with E-state index >= 15 is 0 Å². The Hall–Kier alpha value is -6.91. The molecule has 60 heavy (non-hydrogen) atoms. The third-order valence-corrected chi connectivity index (χ3v) is 9.34. The summed E-state index contributed by atoms with van der Waals surface area (Å²) < 4.78 is 0. The molecule has 6 amide bonds. The number of carbonyl (C=O) groups is 7. The third kappa shape index (κ3) is 15.4. The van der Waals surface area contributed by atoms with Crippen molar-refractivity contribution in [2.24, 2.45) is 5.73 Å². The number of hydrogen-bond acceptors (Lipinski definition) is 9. The minimum atomic E-state index is -1.32. The molecule has 0 unspecified atom stereocenters. The number of hydrogen-bond donors (Lipinski definition) is 9. The van der Waals surface area contributed by atoms with E-state index < -0.39 is 90.8 Å². The molecular formula is C44H51N7O9. The summed E-state index contributed by atoms with van der Waals surface area (Å²) in [6.45, 7) is 0.0586. The lowest BCUT2D eigenvalue weighted by atomic mass is 10.0. The normalized spacial score (nSPS) is 13.8. The number of nitrogens with one attached hydrogen (secondary N) is 6. The monoisotopic (exact) mass is 821 g/mol. The second kappa shape index (κ2) is 23.5. The van der Waals surface area contributed by atoms with Gasteiger partial charge in [-0.25, -0.2) is 0 Å². The second-order valence-corrected chi connectivity index (χ2v) is 14.2. The van der Waals surface area contributed by atoms with Crippen molar-refractivity contribution in [2.45, 2.75) is 68.9 Å². The number of carboxylic acid groups (broad SMARTS) is 1. The standard InChI is InChI=1S/C44H51N7O9/c1-28(52)39(45)44(60)51-36(25-32-20-12-5-13-21-32)43(59)50-33(22-29-14-6-2-7-15-29)40(56)46-26-37(53)48-35(24-31-18-10-4-11-19-31)42(58)49-34(41(57)47-27-38(54)55)23-30-16-8-3-9-17-30/h2-21,28,33-36,39,52H,22-27,45H2,1H3,(H,46,56)(H,47,57)(H,48,53)(H,49,58)(H,50,59)(H,51,60)(H,54,55)/t28-,33+,34+,35+,36+,39+/m1/s1. The van der Waals surface area contributed by atoms with Crippen LogP contribution in [0.1, 0.15) is 29.2 Å². The summed E-state index contributed by atoms with van der Waals surface area (Å²) in [5, 5.41) is 34.4. The zero-order valence-electron chi connectivity index (χ0n) is 33.1. The molecule has 16 nitrogen and oxygen atoms in total. The van der Waals surface area contributed by atoms with Gasteiger partial charge >= 0.3 is 5.97 Å². The average Bonchev–Trinajstić information content (AvgIpc) is 3.24. The van der Waals surface area contributed by atoms with Crippen molar-refractivity contribution in [3.63, 3.8) is 0 Å². The van der Waals surface area contributed by atoms with Crippen molar-refractivity contribution >= 4 is 41.4 Å². The Labute approximate surface area is 347 Å². The summed E-state index contributed by atoms with van der Waals surface area (Å²) in [6, 6.07) is 29.0. The molecule has 4 aromatic rings. The number of aliphatic hydroxyl groups excluding tert-OH is 1. The first-order valence-electron chi connectivity index (χ1n) is 19.4. The maximum atomic E-state index is 13.8. The van der Waals surface area contributed by atoms with Crippen molar-refractivity contribution in [1.29, 1.82) is 0 Å². The van der Waals surface area contributed by atoms with Crippen molar-refractivity contribution in [2.75, 3.05) is 13.1 Å². The van der Waals surface area contributed by atoms with E-state index in [1.807, 2.05) is 0 Å². The Kier molecular flexibility index (Phi) is 17.9. The quantitative estimate of drug-likeness (QED) is 0.0510. The topological polar surface area (TPSA) is 258 Å². The smallest absolute Gasteiger partial charge is 0.322 e. The molecule has 316 valence electrons. The van der Waals surface area contributed by atoms with Gasteiger partial charge in [0.25, 0.3) is 0 Å². The lowest BCUT2D eigenvalue weighted by molar-refractivity contribution is -0.138. The minimum absolute atomic E-state index is 0.00108. The first-order valence-corrected chi connectivity index (χ1v) is 19.4. The molecule has 0 saturated heterocycles. The molecule has 0 aliphatic heterocycles. The summed E-state index contributed by atoms with van der Waals surface area (Å²) >= 11 is 0. The number of aliphatic carboxylic acids is 1. The Balaban J connectivity index is 1.51. The maximum absolute atomic E-state index is 13.8. The fraction of sp³-hybridized carbons (Fsp3) is 0.295. The van der Waals surface area contributed by atoms with Crippen LogP contribution < -0.4 is 37.6 Å². The van der Waals surface area contributed by atoms with Crippen molar-refractivity contribution in [3.05, 3.63) is 144 Å². The Bertz CT molecular complexity index is 2040. The van der Waals surface area contributed by atoms with Crippen LogP contribution in [0.25, 0.3) is 0 Å². The molecule has 0 heterocycles. The molecule has 4 rings (SSSR count). The van der Waals surface area contributed by atoms with E-state index in [1.54, 1.807) is 121 Å². The van der Waals surface area contributed by atoms with Gasteiger partial charge in [-0.05, 0) is 29.2 Å². The van der Waals surface area contributed by atoms with E-state index in [0.717, 1.165) is 0 Å². The van der Waals surface area contributed by atoms with Gasteiger partial charge in [-0.1, -0.05) is 121 Å². The van der Waals surface area contributed by atoms with Crippen LogP contribution in [-0.2, 0) is 59.2 Å². The highest BCUT2D eigenvalue weighted by atomic mass is 16.4. The van der Waals surface area contributed by atoms with Crippen LogP contribution in [-0.4, -0.2) is 101 Å². The lowest BCUT2D eigenvalue weighted by Crippen LogP contribution is -2.59. The summed E-state index contributed by atoms with van der Waals surface area (Å²) in [4.78, 5) is 92.1. The molecular weight excluding hydrogens is 771 g/mol. The van der Waals surface area contributed by atoms with Gasteiger partial charge in [-0.15, -0.1) is 0 Å². The molecule has 0 fully saturated rings. The Morgan fingerprint density at radius 3 is 1.10 bits per heavy atom. The number of rotatable bonds is 22. The molecule has 6 atom stereocenters. The Morgan fingerprint density at radius 1 is 0.467 bits per heavy atom. The number of nitrogens with two attached hydrogens (primary N) is 1. The molecule has 0 aromatic heterocycles. The van der Waals surface area contributed by atoms with Crippen molar-refractivity contribution in [1.82, 2.24) is 31.9 Å². The van der Waals surface area contributed by atoms with Gasteiger partial charge in [0.2, 0.25) is 35.4 Å². The predicted molar refractivity (Wildman–Crippen MR) is 222 cm³/mol. The molecule has 16 heteroatoms. The lowest BCUT2D eigenvalue weighted by Gasteiger charge is -2.25. The molecule has 4 aromatic carbocycles. The molecule has 0 aliphatic rings. The van der Waals surface area contributed by atoms with Gasteiger partial charge in [-0.3, -0.25) is 33.6 Å². The highest BCUT2D eigenvalue weighted by molar-refractivity contribution is 5.96. The summed E-state index contributed by atoms with van der Waals surface area (Å²) in [6.07, 6.45) is -1.14. The van der Waals surface area contributed by atoms with Gasteiger partial charge in [0.1, 0.15) is 36.8 Å². The van der Waals surface area contributed by atoms with E-state index in [2.05, 4.69) is 31.9 Å². The number of benzene rings is 4. The minimum Gasteiger partial charge on any atom is -0.480 e. The summed E-state index contributed by atoms with van der Waals surface area (Å²) in [5.74, 6) is -5.75. The van der Waals surface area contributed by atoms with Crippen LogP contribution in [0.2, 0.25) is 0 Å². The molecule has 10 N–H and O–H groups in total. The SMILES string of the molecule is C[C@@H](O)[C@H](N)C(=O)N[C@@H](Cc1ccccc1)C(=O)N[C@@H](Cc1ccccc1)C(=O)NCC(=O)N[C@@H](Cc1ccccc1)C(=O)N[C@@H](Cc1ccccc1)C(=O)NCC(=O)O. The molecule has 0 saturated carbocycles. The van der Waals surface area contributed by atoms with Gasteiger partial charge in [0.05, 0.1) is 12.6 Å². The fourth-order valence-corrected chi connectivity index (χ4v) is 6.09. The first kappa shape index (κ1) is 45.8. The number of amides is 6. The van der Waals surface area contributed by atoms with Crippen LogP contribution in [0.5, 0.6) is 0 Å². The third-order valence-electron chi connectivity index (χ3n) is 9.34. The molecule has 0 bridgehead atoms. The average molecular weight is 822 g/mol. The van der Waals surface area contributed by atoms with Gasteiger partial charge < -0.3 is 47.8 Å². The summed E-state index contributed by atoms with van der Waals surface area (Å²) in [5.41, 5.74) is 8.59.